The maximum absolute atomic E-state index is 12.0. The van der Waals surface area contributed by atoms with E-state index < -0.39 is 0 Å². The average molecular weight is 336 g/mol. The molecule has 1 saturated heterocycles. The summed E-state index contributed by atoms with van der Waals surface area (Å²) >= 11 is 1.88. The second-order valence-electron chi connectivity index (χ2n) is 5.84. The fraction of sp³-hybridized carbons (Fsp3) is 0.500. The van der Waals surface area contributed by atoms with E-state index in [4.69, 9.17) is 0 Å². The normalized spacial score (nSPS) is 17.8. The highest BCUT2D eigenvalue weighted by molar-refractivity contribution is 7.99. The first-order valence-electron chi connectivity index (χ1n) is 7.68. The molecule has 2 amide bonds. The third kappa shape index (κ3) is 6.60. The number of nitrogens with one attached hydrogen (secondary N) is 3. The number of likely N-dealkylation sites (N-methyl/N-ethyl adjacent to an activating group) is 1. The van der Waals surface area contributed by atoms with Crippen LogP contribution in [0.25, 0.3) is 0 Å². The van der Waals surface area contributed by atoms with Crippen molar-refractivity contribution in [3.8, 4) is 0 Å². The molecule has 1 unspecified atom stereocenters. The average Bonchev–Trinajstić information content (AvgIpc) is 2.49. The molecule has 1 aromatic carbocycles. The monoisotopic (exact) mass is 336 g/mol. The highest BCUT2D eigenvalue weighted by Gasteiger charge is 2.16. The van der Waals surface area contributed by atoms with Crippen molar-refractivity contribution in [2.24, 2.45) is 0 Å². The Hall–Kier alpha value is -1.57. The van der Waals surface area contributed by atoms with Crippen LogP contribution in [0.4, 0.5) is 11.4 Å². The molecule has 0 spiro atoms. The molecule has 1 aliphatic rings. The van der Waals surface area contributed by atoms with Gasteiger partial charge in [-0.3, -0.25) is 9.59 Å². The largest absolute Gasteiger partial charge is 0.326 e. The maximum Gasteiger partial charge on any atom is 0.238 e. The van der Waals surface area contributed by atoms with Crippen LogP contribution in [0.3, 0.4) is 0 Å². The summed E-state index contributed by atoms with van der Waals surface area (Å²) in [5.41, 5.74) is 1.46. The molecule has 3 N–H and O–H groups in total. The Morgan fingerprint density at radius 3 is 2.30 bits per heavy atom. The van der Waals surface area contributed by atoms with Gasteiger partial charge in [-0.2, -0.15) is 11.8 Å². The molecule has 1 atom stereocenters. The van der Waals surface area contributed by atoms with Gasteiger partial charge >= 0.3 is 0 Å². The van der Waals surface area contributed by atoms with Gasteiger partial charge in [0.1, 0.15) is 0 Å². The zero-order chi connectivity index (χ0) is 16.7. The van der Waals surface area contributed by atoms with E-state index in [-0.39, 0.29) is 17.9 Å². The molecule has 1 heterocycles. The summed E-state index contributed by atoms with van der Waals surface area (Å²) in [6.45, 7) is 1.30. The zero-order valence-corrected chi connectivity index (χ0v) is 14.4. The number of thioether (sulfide) groups is 1. The van der Waals surface area contributed by atoms with Gasteiger partial charge < -0.3 is 20.9 Å². The third-order valence-electron chi connectivity index (χ3n) is 3.34. The second-order valence-corrected chi connectivity index (χ2v) is 6.99. The van der Waals surface area contributed by atoms with Crippen molar-refractivity contribution in [3.05, 3.63) is 24.3 Å². The number of amides is 2. The minimum atomic E-state index is -0.0624. The second kappa shape index (κ2) is 8.90. The molecule has 6 nitrogen and oxygen atoms in total. The van der Waals surface area contributed by atoms with Gasteiger partial charge in [-0.05, 0) is 38.4 Å². The van der Waals surface area contributed by atoms with E-state index in [1.54, 1.807) is 24.3 Å². The van der Waals surface area contributed by atoms with Crippen LogP contribution < -0.4 is 16.0 Å². The molecule has 2 rings (SSSR count). The molecule has 126 valence electrons. The molecule has 0 saturated carbocycles. The number of hydrogen-bond donors (Lipinski definition) is 3. The van der Waals surface area contributed by atoms with Gasteiger partial charge in [-0.25, -0.2) is 0 Å². The summed E-state index contributed by atoms with van der Waals surface area (Å²) in [7, 11) is 3.69. The first-order valence-corrected chi connectivity index (χ1v) is 8.84. The predicted octanol–water partition coefficient (Wildman–Crippen LogP) is 1.22. The Kier molecular flexibility index (Phi) is 6.88. The van der Waals surface area contributed by atoms with Crippen LogP contribution in [-0.4, -0.2) is 61.4 Å². The zero-order valence-electron chi connectivity index (χ0n) is 13.6. The first kappa shape index (κ1) is 17.8. The van der Waals surface area contributed by atoms with Gasteiger partial charge in [-0.1, -0.05) is 0 Å². The van der Waals surface area contributed by atoms with Crippen LogP contribution in [-0.2, 0) is 9.59 Å². The van der Waals surface area contributed by atoms with Crippen LogP contribution in [0.5, 0.6) is 0 Å². The smallest absolute Gasteiger partial charge is 0.238 e. The number of carbonyl (C=O) groups excluding carboxylic acids is 2. The number of benzene rings is 1. The molecular weight excluding hydrogens is 312 g/mol. The Bertz CT molecular complexity index is 527. The van der Waals surface area contributed by atoms with Crippen molar-refractivity contribution in [3.63, 3.8) is 0 Å². The lowest BCUT2D eigenvalue weighted by atomic mass is 10.2. The lowest BCUT2D eigenvalue weighted by Gasteiger charge is -2.22. The van der Waals surface area contributed by atoms with E-state index in [0.29, 0.717) is 13.0 Å². The van der Waals surface area contributed by atoms with E-state index in [1.165, 1.54) is 0 Å². The minimum absolute atomic E-state index is 0.00870. The number of carbonyl (C=O) groups is 2. The quantitative estimate of drug-likeness (QED) is 0.728. The van der Waals surface area contributed by atoms with E-state index in [9.17, 15) is 9.59 Å². The number of anilines is 2. The molecule has 1 aromatic rings. The standard InChI is InChI=1S/C16H24N4O2S/c1-20(2)10-16(22)19-13-5-3-12(4-6-13)18-15(21)9-14-11-23-8-7-17-14/h3-6,14,17H,7-11H2,1-2H3,(H,18,21)(H,19,22). The molecule has 0 aliphatic carbocycles. The summed E-state index contributed by atoms with van der Waals surface area (Å²) in [4.78, 5) is 25.5. The van der Waals surface area contributed by atoms with Gasteiger partial charge in [0.2, 0.25) is 11.8 Å². The summed E-state index contributed by atoms with van der Waals surface area (Å²) in [6, 6.07) is 7.42. The van der Waals surface area contributed by atoms with Crippen molar-refractivity contribution >= 4 is 35.0 Å². The molecule has 1 aliphatic heterocycles. The highest BCUT2D eigenvalue weighted by Crippen LogP contribution is 2.15. The lowest BCUT2D eigenvalue weighted by molar-refractivity contribution is -0.117. The van der Waals surface area contributed by atoms with Gasteiger partial charge in [0, 0.05) is 41.9 Å². The Balaban J connectivity index is 1.79. The summed E-state index contributed by atoms with van der Waals surface area (Å²) < 4.78 is 0. The maximum atomic E-state index is 12.0. The van der Waals surface area contributed by atoms with E-state index in [0.717, 1.165) is 29.4 Å². The molecule has 23 heavy (non-hydrogen) atoms. The molecule has 1 fully saturated rings. The van der Waals surface area contributed by atoms with Crippen LogP contribution in [0, 0.1) is 0 Å². The van der Waals surface area contributed by atoms with Crippen molar-refractivity contribution in [2.75, 3.05) is 49.3 Å². The molecule has 7 heteroatoms. The number of hydrogen-bond acceptors (Lipinski definition) is 5. The van der Waals surface area contributed by atoms with Gasteiger partial charge in [-0.15, -0.1) is 0 Å². The minimum Gasteiger partial charge on any atom is -0.326 e. The fourth-order valence-electron chi connectivity index (χ4n) is 2.31. The Labute approximate surface area is 141 Å². The van der Waals surface area contributed by atoms with E-state index >= 15 is 0 Å². The highest BCUT2D eigenvalue weighted by atomic mass is 32.2. The number of rotatable bonds is 6. The van der Waals surface area contributed by atoms with Crippen molar-refractivity contribution in [2.45, 2.75) is 12.5 Å². The lowest BCUT2D eigenvalue weighted by Crippen LogP contribution is -2.39. The summed E-state index contributed by atoms with van der Waals surface area (Å²) in [6.07, 6.45) is 0.480. The Morgan fingerprint density at radius 1 is 1.17 bits per heavy atom. The SMILES string of the molecule is CN(C)CC(=O)Nc1ccc(NC(=O)CC2CSCCN2)cc1. The molecule has 0 radical (unpaired) electrons. The molecule has 0 bridgehead atoms. The van der Waals surface area contributed by atoms with Gasteiger partial charge in [0.25, 0.3) is 0 Å². The number of nitrogens with zero attached hydrogens (tertiary/aromatic N) is 1. The molecular formula is C16H24N4O2S. The van der Waals surface area contributed by atoms with Crippen molar-refractivity contribution in [1.29, 1.82) is 0 Å². The van der Waals surface area contributed by atoms with E-state index in [1.807, 2.05) is 30.8 Å². The third-order valence-corrected chi connectivity index (χ3v) is 4.47. The summed E-state index contributed by atoms with van der Waals surface area (Å²) in [5, 5.41) is 9.06. The summed E-state index contributed by atoms with van der Waals surface area (Å²) in [5.74, 6) is 2.03. The first-order chi connectivity index (χ1) is 11.0. The van der Waals surface area contributed by atoms with Gasteiger partial charge in [0.05, 0.1) is 6.54 Å². The molecule has 0 aromatic heterocycles. The topological polar surface area (TPSA) is 73.5 Å². The van der Waals surface area contributed by atoms with Gasteiger partial charge in [0.15, 0.2) is 0 Å². The van der Waals surface area contributed by atoms with Crippen molar-refractivity contribution < 1.29 is 9.59 Å². The van der Waals surface area contributed by atoms with Crippen LogP contribution in [0.1, 0.15) is 6.42 Å². The van der Waals surface area contributed by atoms with Crippen LogP contribution >= 0.6 is 11.8 Å². The Morgan fingerprint density at radius 2 is 1.78 bits per heavy atom. The fourth-order valence-corrected chi connectivity index (χ4v) is 3.26. The van der Waals surface area contributed by atoms with Crippen LogP contribution in [0.2, 0.25) is 0 Å². The van der Waals surface area contributed by atoms with Crippen LogP contribution in [0.15, 0.2) is 24.3 Å². The van der Waals surface area contributed by atoms with E-state index in [2.05, 4.69) is 16.0 Å². The predicted molar refractivity (Wildman–Crippen MR) is 96.0 cm³/mol. The van der Waals surface area contributed by atoms with Crippen molar-refractivity contribution in [1.82, 2.24) is 10.2 Å².